The van der Waals surface area contributed by atoms with E-state index >= 15 is 0 Å². The zero-order valence-electron chi connectivity index (χ0n) is 20.5. The highest BCUT2D eigenvalue weighted by Crippen LogP contribution is 2.44. The molecule has 1 aromatic heterocycles. The first-order chi connectivity index (χ1) is 17.8. The van der Waals surface area contributed by atoms with Crippen LogP contribution in [0.15, 0.2) is 58.6 Å². The number of Topliss-reactive ketones (excluding diaryl/α,β-unsaturated/α-hetero) is 1. The van der Waals surface area contributed by atoms with Crippen molar-refractivity contribution in [1.82, 2.24) is 4.98 Å². The molecule has 1 unspecified atom stereocenters. The number of aromatic nitrogens is 1. The molecule has 192 valence electrons. The molecule has 0 bridgehead atoms. The molecule has 37 heavy (non-hydrogen) atoms. The smallest absolute Gasteiger partial charge is 0.350 e. The summed E-state index contributed by atoms with van der Waals surface area (Å²) in [5, 5.41) is 11.4. The molecule has 4 rings (SSSR count). The third-order valence-corrected chi connectivity index (χ3v) is 7.55. The summed E-state index contributed by atoms with van der Waals surface area (Å²) in [6, 6.07) is 12.8. The van der Waals surface area contributed by atoms with Crippen LogP contribution in [0.5, 0.6) is 5.75 Å². The Morgan fingerprint density at radius 2 is 1.81 bits per heavy atom. The number of rotatable bonds is 8. The van der Waals surface area contributed by atoms with E-state index in [4.69, 9.17) is 9.47 Å². The summed E-state index contributed by atoms with van der Waals surface area (Å²) < 4.78 is 11.3. The number of hydrogen-bond acceptors (Lipinski definition) is 8. The second-order valence-corrected chi connectivity index (χ2v) is 10.2. The van der Waals surface area contributed by atoms with Gasteiger partial charge in [-0.15, -0.1) is 0 Å². The van der Waals surface area contributed by atoms with E-state index in [9.17, 15) is 19.5 Å². The largest absolute Gasteiger partial charge is 0.507 e. The summed E-state index contributed by atoms with van der Waals surface area (Å²) in [6.45, 7) is 4.28. The first-order valence-electron chi connectivity index (χ1n) is 11.6. The predicted octanol–water partition coefficient (Wildman–Crippen LogP) is 5.81. The number of amides is 1. The first-order valence-corrected chi connectivity index (χ1v) is 13.2. The Labute approximate surface area is 226 Å². The number of aryl methyl sites for hydroxylation is 1. The monoisotopic (exact) mass is 584 g/mol. The normalized spacial score (nSPS) is 16.8. The number of carbonyl (C=O) groups is 3. The lowest BCUT2D eigenvalue weighted by molar-refractivity contribution is -0.132. The maximum atomic E-state index is 13.3. The van der Waals surface area contributed by atoms with Crippen LogP contribution in [0.1, 0.15) is 52.3 Å². The van der Waals surface area contributed by atoms with Crippen LogP contribution < -0.4 is 9.64 Å². The Balaban J connectivity index is 1.81. The number of carbonyl (C=O) groups excluding carboxylic acids is 3. The molecule has 0 spiro atoms. The molecule has 1 saturated heterocycles. The number of methoxy groups -OCH3 is 1. The summed E-state index contributed by atoms with van der Waals surface area (Å²) in [5.41, 5.74) is 1.27. The van der Waals surface area contributed by atoms with Crippen LogP contribution in [0.25, 0.3) is 5.76 Å². The summed E-state index contributed by atoms with van der Waals surface area (Å²) in [5.74, 6) is -1.95. The molecule has 2 heterocycles. The predicted molar refractivity (Wildman–Crippen MR) is 144 cm³/mol. The van der Waals surface area contributed by atoms with E-state index in [0.717, 1.165) is 28.7 Å². The molecular formula is C27H25BrN2O6S. The standard InChI is InChI=1S/C27H25BrN2O6S/c1-4-5-14-36-19-12-8-17(9-13-19)22(31)20-21(16-6-10-18(28)11-7-16)30(25(33)23(20)32)27-29-15(2)24(37-27)26(34)35-3/h6-13,21,31H,4-5,14H2,1-3H3. The summed E-state index contributed by atoms with van der Waals surface area (Å²) in [4.78, 5) is 44.7. The lowest BCUT2D eigenvalue weighted by Gasteiger charge is -2.23. The number of aliphatic hydroxyl groups excluding tert-OH is 1. The summed E-state index contributed by atoms with van der Waals surface area (Å²) in [7, 11) is 1.26. The molecular weight excluding hydrogens is 560 g/mol. The average molecular weight is 585 g/mol. The number of ether oxygens (including phenoxy) is 2. The van der Waals surface area contributed by atoms with Gasteiger partial charge in [-0.3, -0.25) is 14.5 Å². The van der Waals surface area contributed by atoms with Gasteiger partial charge in [0.25, 0.3) is 5.78 Å². The Morgan fingerprint density at radius 3 is 2.43 bits per heavy atom. The molecule has 0 saturated carbocycles. The maximum absolute atomic E-state index is 13.3. The van der Waals surface area contributed by atoms with Crippen LogP contribution in [-0.4, -0.2) is 41.5 Å². The van der Waals surface area contributed by atoms with E-state index in [1.807, 2.05) is 0 Å². The fourth-order valence-corrected chi connectivity index (χ4v) is 5.23. The molecule has 1 aliphatic heterocycles. The third kappa shape index (κ3) is 5.30. The van der Waals surface area contributed by atoms with Crippen molar-refractivity contribution in [3.8, 4) is 5.75 Å². The zero-order chi connectivity index (χ0) is 26.7. The van der Waals surface area contributed by atoms with Gasteiger partial charge in [0.05, 0.1) is 31.0 Å². The number of esters is 1. The van der Waals surface area contributed by atoms with Gasteiger partial charge < -0.3 is 14.6 Å². The van der Waals surface area contributed by atoms with Crippen molar-refractivity contribution in [1.29, 1.82) is 0 Å². The van der Waals surface area contributed by atoms with Crippen LogP contribution in [0.3, 0.4) is 0 Å². The highest BCUT2D eigenvalue weighted by molar-refractivity contribution is 9.10. The minimum Gasteiger partial charge on any atom is -0.507 e. The van der Waals surface area contributed by atoms with Gasteiger partial charge >= 0.3 is 11.9 Å². The van der Waals surface area contributed by atoms with Gasteiger partial charge in [0.2, 0.25) is 0 Å². The van der Waals surface area contributed by atoms with Crippen molar-refractivity contribution in [2.45, 2.75) is 32.7 Å². The minimum atomic E-state index is -0.954. The molecule has 1 atom stereocenters. The van der Waals surface area contributed by atoms with E-state index in [1.165, 1.54) is 12.0 Å². The highest BCUT2D eigenvalue weighted by atomic mass is 79.9. The maximum Gasteiger partial charge on any atom is 0.350 e. The van der Waals surface area contributed by atoms with E-state index in [2.05, 4.69) is 27.8 Å². The molecule has 2 aromatic carbocycles. The van der Waals surface area contributed by atoms with Crippen LogP contribution in [0, 0.1) is 6.92 Å². The number of halogens is 1. The SMILES string of the molecule is CCCCOc1ccc(C(O)=C2C(=O)C(=O)N(c3nc(C)c(C(=O)OC)s3)C2c2ccc(Br)cc2)cc1. The van der Waals surface area contributed by atoms with Gasteiger partial charge in [-0.2, -0.15) is 0 Å². The number of hydrogen-bond donors (Lipinski definition) is 1. The fourth-order valence-electron chi connectivity index (χ4n) is 3.96. The zero-order valence-corrected chi connectivity index (χ0v) is 22.9. The van der Waals surface area contributed by atoms with Crippen molar-refractivity contribution >= 4 is 55.8 Å². The number of ketones is 1. The van der Waals surface area contributed by atoms with Gasteiger partial charge in [-0.05, 0) is 55.3 Å². The van der Waals surface area contributed by atoms with Crippen LogP contribution in [-0.2, 0) is 14.3 Å². The van der Waals surface area contributed by atoms with Gasteiger partial charge in [0.1, 0.15) is 16.4 Å². The van der Waals surface area contributed by atoms with Crippen molar-refractivity contribution in [2.24, 2.45) is 0 Å². The van der Waals surface area contributed by atoms with Crippen molar-refractivity contribution in [2.75, 3.05) is 18.6 Å². The number of anilines is 1. The van der Waals surface area contributed by atoms with Crippen LogP contribution in [0.2, 0.25) is 0 Å². The Hall–Kier alpha value is -3.50. The number of unbranched alkanes of at least 4 members (excludes halogenated alkanes) is 1. The Morgan fingerprint density at radius 1 is 1.14 bits per heavy atom. The third-order valence-electron chi connectivity index (χ3n) is 5.89. The van der Waals surface area contributed by atoms with E-state index < -0.39 is 23.7 Å². The summed E-state index contributed by atoms with van der Waals surface area (Å²) >= 11 is 4.36. The van der Waals surface area contributed by atoms with Crippen LogP contribution in [0.4, 0.5) is 5.13 Å². The Kier molecular flexibility index (Phi) is 8.09. The first kappa shape index (κ1) is 26.6. The molecule has 10 heteroatoms. The number of benzene rings is 2. The van der Waals surface area contributed by atoms with E-state index in [-0.39, 0.29) is 21.3 Å². The molecule has 3 aromatic rings. The number of aliphatic hydroxyl groups is 1. The molecule has 8 nitrogen and oxygen atoms in total. The number of nitrogens with zero attached hydrogens (tertiary/aromatic N) is 2. The van der Waals surface area contributed by atoms with Crippen molar-refractivity contribution < 1.29 is 29.0 Å². The Bertz CT molecular complexity index is 1360. The highest BCUT2D eigenvalue weighted by Gasteiger charge is 2.48. The van der Waals surface area contributed by atoms with Gasteiger partial charge in [0.15, 0.2) is 5.13 Å². The second-order valence-electron chi connectivity index (χ2n) is 8.35. The van der Waals surface area contributed by atoms with Crippen LogP contribution >= 0.6 is 27.3 Å². The lowest BCUT2D eigenvalue weighted by atomic mass is 9.95. The molecule has 1 fully saturated rings. The quantitative estimate of drug-likeness (QED) is 0.117. The molecule has 1 N–H and O–H groups in total. The lowest BCUT2D eigenvalue weighted by Crippen LogP contribution is -2.29. The van der Waals surface area contributed by atoms with Crippen molar-refractivity contribution in [3.63, 3.8) is 0 Å². The molecule has 0 aliphatic carbocycles. The topological polar surface area (TPSA) is 106 Å². The van der Waals surface area contributed by atoms with Gasteiger partial charge in [0, 0.05) is 10.0 Å². The molecule has 1 amide bonds. The van der Waals surface area contributed by atoms with Crippen molar-refractivity contribution in [3.05, 3.63) is 80.3 Å². The molecule has 1 aliphatic rings. The summed E-state index contributed by atoms with van der Waals surface area (Å²) in [6.07, 6.45) is 1.93. The van der Waals surface area contributed by atoms with Gasteiger partial charge in [-0.1, -0.05) is 52.7 Å². The van der Waals surface area contributed by atoms with E-state index in [0.29, 0.717) is 29.2 Å². The molecule has 0 radical (unpaired) electrons. The van der Waals surface area contributed by atoms with Gasteiger partial charge in [-0.25, -0.2) is 9.78 Å². The average Bonchev–Trinajstić information content (AvgIpc) is 3.40. The second kappa shape index (κ2) is 11.3. The fraction of sp³-hybridized carbons (Fsp3) is 0.259. The van der Waals surface area contributed by atoms with E-state index in [1.54, 1.807) is 55.5 Å². The number of thiazole rings is 1. The minimum absolute atomic E-state index is 0.0700.